The van der Waals surface area contributed by atoms with Crippen LogP contribution in [0.3, 0.4) is 0 Å². The molecule has 1 saturated heterocycles. The molecule has 4 rings (SSSR count). The Kier molecular flexibility index (Phi) is 5.24. The van der Waals surface area contributed by atoms with E-state index in [9.17, 15) is 9.59 Å². The Morgan fingerprint density at radius 3 is 2.67 bits per heavy atom. The molecule has 0 spiro atoms. The first-order chi connectivity index (χ1) is 14.6. The Morgan fingerprint density at radius 2 is 2.03 bits per heavy atom. The van der Waals surface area contributed by atoms with Gasteiger partial charge in [0.15, 0.2) is 23.7 Å². The highest BCUT2D eigenvalue weighted by atomic mass is 16.7. The van der Waals surface area contributed by atoms with Gasteiger partial charge in [0.05, 0.1) is 36.3 Å². The normalized spacial score (nSPS) is 14.8. The van der Waals surface area contributed by atoms with Crippen LogP contribution in [0.4, 0.5) is 0 Å². The zero-order valence-electron chi connectivity index (χ0n) is 16.6. The SMILES string of the molecule is C=Cc1ncn2c(c1/C=C1\COCO1)c(CC=O)c(=O)c1cc(OC)c(OC)cc12. The Hall–Kier alpha value is -3.65. The van der Waals surface area contributed by atoms with Crippen LogP contribution in [0, 0.1) is 0 Å². The number of ether oxygens (including phenoxy) is 4. The van der Waals surface area contributed by atoms with Crippen molar-refractivity contribution in [3.63, 3.8) is 0 Å². The van der Waals surface area contributed by atoms with Gasteiger partial charge in [-0.15, -0.1) is 0 Å². The van der Waals surface area contributed by atoms with Gasteiger partial charge < -0.3 is 23.7 Å². The van der Waals surface area contributed by atoms with Crippen LogP contribution in [0.25, 0.3) is 28.6 Å². The van der Waals surface area contributed by atoms with Crippen LogP contribution in [0.15, 0.2) is 35.6 Å². The van der Waals surface area contributed by atoms with Crippen molar-refractivity contribution in [3.8, 4) is 11.5 Å². The Morgan fingerprint density at radius 1 is 1.27 bits per heavy atom. The average Bonchev–Trinajstić information content (AvgIpc) is 3.28. The van der Waals surface area contributed by atoms with E-state index in [4.69, 9.17) is 18.9 Å². The van der Waals surface area contributed by atoms with Crippen molar-refractivity contribution in [1.82, 2.24) is 9.38 Å². The van der Waals surface area contributed by atoms with Crippen molar-refractivity contribution in [2.75, 3.05) is 27.6 Å². The number of benzene rings is 1. The lowest BCUT2D eigenvalue weighted by atomic mass is 10.0. The summed E-state index contributed by atoms with van der Waals surface area (Å²) in [6.45, 7) is 4.30. The lowest BCUT2D eigenvalue weighted by molar-refractivity contribution is -0.107. The van der Waals surface area contributed by atoms with Crippen LogP contribution < -0.4 is 14.9 Å². The quantitative estimate of drug-likeness (QED) is 0.458. The first-order valence-electron chi connectivity index (χ1n) is 9.22. The van der Waals surface area contributed by atoms with Crippen LogP contribution >= 0.6 is 0 Å². The summed E-state index contributed by atoms with van der Waals surface area (Å²) in [5.41, 5.74) is 2.40. The number of carbonyl (C=O) groups excluding carboxylic acids is 1. The summed E-state index contributed by atoms with van der Waals surface area (Å²) < 4.78 is 23.3. The molecule has 3 aromatic rings. The molecule has 0 radical (unpaired) electrons. The third kappa shape index (κ3) is 3.11. The van der Waals surface area contributed by atoms with Gasteiger partial charge in [0, 0.05) is 23.6 Å². The second-order valence-electron chi connectivity index (χ2n) is 6.59. The maximum Gasteiger partial charge on any atom is 0.193 e. The van der Waals surface area contributed by atoms with Gasteiger partial charge in [0.2, 0.25) is 0 Å². The van der Waals surface area contributed by atoms with E-state index in [1.807, 2.05) is 0 Å². The summed E-state index contributed by atoms with van der Waals surface area (Å²) in [5, 5.41) is 0.397. The van der Waals surface area contributed by atoms with Crippen molar-refractivity contribution >= 4 is 34.9 Å². The molecule has 1 fully saturated rings. The molecule has 0 unspecified atom stereocenters. The van der Waals surface area contributed by atoms with Gasteiger partial charge in [-0.3, -0.25) is 9.20 Å². The van der Waals surface area contributed by atoms with Gasteiger partial charge in [0.1, 0.15) is 25.0 Å². The van der Waals surface area contributed by atoms with Crippen molar-refractivity contribution in [3.05, 3.63) is 57.8 Å². The van der Waals surface area contributed by atoms with Crippen molar-refractivity contribution < 1.29 is 23.7 Å². The van der Waals surface area contributed by atoms with E-state index in [0.717, 1.165) is 0 Å². The van der Waals surface area contributed by atoms with Crippen LogP contribution in [-0.4, -0.2) is 43.3 Å². The zero-order valence-corrected chi connectivity index (χ0v) is 16.6. The lowest BCUT2D eigenvalue weighted by Gasteiger charge is -2.16. The van der Waals surface area contributed by atoms with Crippen molar-refractivity contribution in [2.45, 2.75) is 6.42 Å². The number of hydrogen-bond donors (Lipinski definition) is 0. The van der Waals surface area contributed by atoms with Crippen LogP contribution in [0.1, 0.15) is 16.8 Å². The van der Waals surface area contributed by atoms with E-state index in [2.05, 4.69) is 11.6 Å². The lowest BCUT2D eigenvalue weighted by Crippen LogP contribution is -2.16. The van der Waals surface area contributed by atoms with Gasteiger partial charge in [-0.1, -0.05) is 6.58 Å². The van der Waals surface area contributed by atoms with E-state index >= 15 is 0 Å². The van der Waals surface area contributed by atoms with Gasteiger partial charge in [0.25, 0.3) is 0 Å². The minimum absolute atomic E-state index is 0.0548. The second kappa shape index (κ2) is 8.00. The number of aromatic nitrogens is 2. The van der Waals surface area contributed by atoms with Gasteiger partial charge >= 0.3 is 0 Å². The summed E-state index contributed by atoms with van der Waals surface area (Å²) in [4.78, 5) is 29.3. The number of carbonyl (C=O) groups is 1. The molecule has 0 amide bonds. The van der Waals surface area contributed by atoms with Gasteiger partial charge in [-0.05, 0) is 18.2 Å². The molecule has 1 aromatic carbocycles. The number of nitrogens with zero attached hydrogens (tertiary/aromatic N) is 2. The highest BCUT2D eigenvalue weighted by molar-refractivity contribution is 5.91. The topological polar surface area (TPSA) is 88.4 Å². The fourth-order valence-corrected chi connectivity index (χ4v) is 3.63. The molecule has 0 bridgehead atoms. The zero-order chi connectivity index (χ0) is 21.3. The minimum atomic E-state index is -0.262. The fourth-order valence-electron chi connectivity index (χ4n) is 3.63. The smallest absolute Gasteiger partial charge is 0.193 e. The Bertz CT molecular complexity index is 1250. The van der Waals surface area contributed by atoms with E-state index in [1.165, 1.54) is 14.2 Å². The molecule has 8 nitrogen and oxygen atoms in total. The predicted octanol–water partition coefficient (Wildman–Crippen LogP) is 2.59. The number of rotatable bonds is 6. The minimum Gasteiger partial charge on any atom is -0.493 e. The molecule has 0 saturated carbocycles. The standard InChI is InChI=1S/C22H20N2O6/c1-4-17-15(7-13-10-29-12-30-13)21-14(5-6-25)22(26)16-8-19(27-2)20(28-3)9-18(16)24(21)11-23-17/h4,6-9,11H,1,5,10,12H2,2-3H3/b13-7+. The molecule has 2 aromatic heterocycles. The third-order valence-corrected chi connectivity index (χ3v) is 5.01. The summed E-state index contributed by atoms with van der Waals surface area (Å²) in [6, 6.07) is 3.33. The number of hydrogen-bond acceptors (Lipinski definition) is 7. The van der Waals surface area contributed by atoms with Crippen molar-refractivity contribution in [1.29, 1.82) is 0 Å². The number of pyridine rings is 1. The van der Waals surface area contributed by atoms with Crippen molar-refractivity contribution in [2.24, 2.45) is 0 Å². The summed E-state index contributed by atoms with van der Waals surface area (Å²) in [7, 11) is 3.03. The van der Waals surface area contributed by atoms with Crippen LogP contribution in [-0.2, 0) is 20.7 Å². The largest absolute Gasteiger partial charge is 0.493 e. The summed E-state index contributed by atoms with van der Waals surface area (Å²) in [6.07, 6.45) is 5.62. The van der Waals surface area contributed by atoms with Crippen LogP contribution in [0.5, 0.6) is 11.5 Å². The number of fused-ring (bicyclic) bond motifs is 3. The van der Waals surface area contributed by atoms with Gasteiger partial charge in [-0.2, -0.15) is 0 Å². The highest BCUT2D eigenvalue weighted by Gasteiger charge is 2.20. The second-order valence-corrected chi connectivity index (χ2v) is 6.59. The predicted molar refractivity (Wildman–Crippen MR) is 112 cm³/mol. The molecule has 154 valence electrons. The van der Waals surface area contributed by atoms with E-state index in [-0.39, 0.29) is 18.6 Å². The van der Waals surface area contributed by atoms with E-state index in [0.29, 0.717) is 63.4 Å². The Labute approximate surface area is 172 Å². The molecule has 0 atom stereocenters. The molecular formula is C22H20N2O6. The molecule has 1 aliphatic heterocycles. The van der Waals surface area contributed by atoms with Gasteiger partial charge in [-0.25, -0.2) is 4.98 Å². The maximum atomic E-state index is 13.4. The highest BCUT2D eigenvalue weighted by Crippen LogP contribution is 2.33. The molecule has 3 heterocycles. The number of aldehydes is 1. The molecule has 30 heavy (non-hydrogen) atoms. The number of methoxy groups -OCH3 is 2. The molecule has 0 aliphatic carbocycles. The monoisotopic (exact) mass is 408 g/mol. The maximum absolute atomic E-state index is 13.4. The molecule has 1 aliphatic rings. The summed E-state index contributed by atoms with van der Waals surface area (Å²) in [5.74, 6) is 1.50. The first kappa shape index (κ1) is 19.7. The van der Waals surface area contributed by atoms with Crippen LogP contribution in [0.2, 0.25) is 0 Å². The average molecular weight is 408 g/mol. The fraction of sp³-hybridized carbons (Fsp3) is 0.227. The molecule has 8 heteroatoms. The first-order valence-corrected chi connectivity index (χ1v) is 9.22. The molecule has 0 N–H and O–H groups in total. The Balaban J connectivity index is 2.20. The third-order valence-electron chi connectivity index (χ3n) is 5.01. The molecular weight excluding hydrogens is 388 g/mol. The van der Waals surface area contributed by atoms with E-state index in [1.54, 1.807) is 35.0 Å². The summed E-state index contributed by atoms with van der Waals surface area (Å²) >= 11 is 0. The van der Waals surface area contributed by atoms with E-state index < -0.39 is 0 Å².